The summed E-state index contributed by atoms with van der Waals surface area (Å²) in [6, 6.07) is 12.4. The Kier molecular flexibility index (Phi) is 5.52. The summed E-state index contributed by atoms with van der Waals surface area (Å²) in [4.78, 5) is 27.1. The molecular weight excluding hydrogens is 425 g/mol. The van der Waals surface area contributed by atoms with Crippen LogP contribution in [-0.2, 0) is 16.1 Å². The van der Waals surface area contributed by atoms with Gasteiger partial charge in [0.1, 0.15) is 29.1 Å². The number of aliphatic hydroxyl groups excluding tert-OH is 1. The van der Waals surface area contributed by atoms with Gasteiger partial charge >= 0.3 is 0 Å². The second kappa shape index (κ2) is 8.28. The summed E-state index contributed by atoms with van der Waals surface area (Å²) in [5.74, 6) is -1.82. The van der Waals surface area contributed by atoms with E-state index in [9.17, 15) is 19.1 Å². The van der Waals surface area contributed by atoms with E-state index >= 15 is 0 Å². The molecule has 0 radical (unpaired) electrons. The molecule has 1 aliphatic heterocycles. The van der Waals surface area contributed by atoms with Crippen LogP contribution in [0.4, 0.5) is 4.39 Å². The maximum Gasteiger partial charge on any atom is 0.296 e. The highest BCUT2D eigenvalue weighted by molar-refractivity contribution is 6.46. The Balaban J connectivity index is 1.82. The van der Waals surface area contributed by atoms with Gasteiger partial charge in [0.15, 0.2) is 0 Å². The van der Waals surface area contributed by atoms with E-state index in [0.717, 1.165) is 0 Å². The van der Waals surface area contributed by atoms with Crippen LogP contribution in [0.3, 0.4) is 0 Å². The van der Waals surface area contributed by atoms with E-state index in [4.69, 9.17) is 20.8 Å². The molecule has 0 aliphatic carbocycles. The largest absolute Gasteiger partial charge is 0.507 e. The third-order valence-corrected chi connectivity index (χ3v) is 5.36. The highest BCUT2D eigenvalue weighted by atomic mass is 35.5. The molecule has 1 N–H and O–H groups in total. The van der Waals surface area contributed by atoms with Gasteiger partial charge in [0.05, 0.1) is 24.0 Å². The smallest absolute Gasteiger partial charge is 0.296 e. The first-order valence-corrected chi connectivity index (χ1v) is 9.68. The molecule has 6 nitrogen and oxygen atoms in total. The van der Waals surface area contributed by atoms with Gasteiger partial charge in [-0.05, 0) is 48.0 Å². The van der Waals surface area contributed by atoms with Crippen LogP contribution in [0.2, 0.25) is 5.02 Å². The summed E-state index contributed by atoms with van der Waals surface area (Å²) in [6.45, 7) is 0.0247. The number of hydrogen-bond acceptors (Lipinski definition) is 5. The Labute approximate surface area is 182 Å². The van der Waals surface area contributed by atoms with Gasteiger partial charge in [-0.3, -0.25) is 9.59 Å². The third-order valence-electron chi connectivity index (χ3n) is 5.04. The zero-order valence-corrected chi connectivity index (χ0v) is 17.1. The lowest BCUT2D eigenvalue weighted by Gasteiger charge is -2.23. The number of rotatable bonds is 5. The van der Waals surface area contributed by atoms with Gasteiger partial charge in [-0.25, -0.2) is 4.39 Å². The number of likely N-dealkylation sites (tertiary alicyclic amines) is 1. The van der Waals surface area contributed by atoms with Crippen molar-refractivity contribution in [3.8, 4) is 5.75 Å². The average Bonchev–Trinajstić information content (AvgIpc) is 3.38. The van der Waals surface area contributed by atoms with E-state index in [1.165, 1.54) is 60.7 Å². The summed E-state index contributed by atoms with van der Waals surface area (Å²) in [5, 5.41) is 11.3. The van der Waals surface area contributed by atoms with Crippen molar-refractivity contribution >= 4 is 29.1 Å². The molecule has 2 heterocycles. The number of nitrogens with zero attached hydrogens (tertiary/aromatic N) is 1. The highest BCUT2D eigenvalue weighted by Gasteiger charge is 2.47. The standard InChI is InChI=1S/C23H17ClFNO5/c1-30-18-11-14(6-9-16(18)24)21(27)19-20(17-3-2-10-31-17)26(23(29)22(19)28)12-13-4-7-15(25)8-5-13/h2-11,20,27H,12H2,1H3/b21-19-. The lowest BCUT2D eigenvalue weighted by molar-refractivity contribution is -0.140. The number of aliphatic hydroxyl groups is 1. The van der Waals surface area contributed by atoms with Gasteiger partial charge in [0, 0.05) is 12.1 Å². The summed E-state index contributed by atoms with van der Waals surface area (Å²) in [6.07, 6.45) is 1.42. The van der Waals surface area contributed by atoms with Crippen LogP contribution in [0, 0.1) is 5.82 Å². The zero-order valence-electron chi connectivity index (χ0n) is 16.3. The minimum Gasteiger partial charge on any atom is -0.507 e. The first kappa shape index (κ1) is 20.7. The fourth-order valence-electron chi connectivity index (χ4n) is 3.53. The number of ether oxygens (including phenoxy) is 1. The Morgan fingerprint density at radius 1 is 1.19 bits per heavy atom. The molecule has 1 amide bonds. The van der Waals surface area contributed by atoms with E-state index < -0.39 is 23.5 Å². The van der Waals surface area contributed by atoms with Crippen molar-refractivity contribution in [1.82, 2.24) is 4.90 Å². The molecule has 1 aromatic heterocycles. The molecule has 1 fully saturated rings. The van der Waals surface area contributed by atoms with E-state index in [0.29, 0.717) is 22.1 Å². The van der Waals surface area contributed by atoms with E-state index in [2.05, 4.69) is 0 Å². The fourth-order valence-corrected chi connectivity index (χ4v) is 3.73. The fraction of sp³-hybridized carbons (Fsp3) is 0.130. The number of ketones is 1. The monoisotopic (exact) mass is 441 g/mol. The van der Waals surface area contributed by atoms with Crippen molar-refractivity contribution < 1.29 is 28.2 Å². The maximum atomic E-state index is 13.3. The van der Waals surface area contributed by atoms with Gasteiger partial charge in [0.2, 0.25) is 0 Å². The Morgan fingerprint density at radius 3 is 2.58 bits per heavy atom. The van der Waals surface area contributed by atoms with Crippen molar-refractivity contribution in [3.05, 3.63) is 94.2 Å². The van der Waals surface area contributed by atoms with Gasteiger partial charge in [-0.1, -0.05) is 23.7 Å². The zero-order chi connectivity index (χ0) is 22.1. The van der Waals surface area contributed by atoms with Crippen molar-refractivity contribution in [2.75, 3.05) is 7.11 Å². The number of methoxy groups -OCH3 is 1. The van der Waals surface area contributed by atoms with Crippen LogP contribution < -0.4 is 4.74 Å². The minimum absolute atomic E-state index is 0.0247. The minimum atomic E-state index is -0.957. The van der Waals surface area contributed by atoms with Crippen LogP contribution >= 0.6 is 11.6 Å². The SMILES string of the molecule is COc1cc(/C(O)=C2/C(=O)C(=O)N(Cc3ccc(F)cc3)C2c2ccco2)ccc1Cl. The highest BCUT2D eigenvalue weighted by Crippen LogP contribution is 2.41. The Bertz CT molecular complexity index is 1170. The molecule has 0 saturated carbocycles. The first-order valence-electron chi connectivity index (χ1n) is 9.31. The van der Waals surface area contributed by atoms with Gasteiger partial charge in [-0.2, -0.15) is 0 Å². The summed E-state index contributed by atoms with van der Waals surface area (Å²) < 4.78 is 23.9. The lowest BCUT2D eigenvalue weighted by atomic mass is 9.99. The molecule has 31 heavy (non-hydrogen) atoms. The quantitative estimate of drug-likeness (QED) is 0.352. The molecule has 158 valence electrons. The average molecular weight is 442 g/mol. The molecule has 0 spiro atoms. The number of hydrogen-bond donors (Lipinski definition) is 1. The van der Waals surface area contributed by atoms with Crippen molar-refractivity contribution in [1.29, 1.82) is 0 Å². The number of furan rings is 1. The summed E-state index contributed by atoms with van der Waals surface area (Å²) in [7, 11) is 1.43. The molecule has 1 aliphatic rings. The van der Waals surface area contributed by atoms with Crippen LogP contribution in [0.15, 0.2) is 70.9 Å². The molecule has 0 bridgehead atoms. The second-order valence-corrected chi connectivity index (χ2v) is 7.33. The first-order chi connectivity index (χ1) is 14.9. The van der Waals surface area contributed by atoms with E-state index in [1.807, 2.05) is 0 Å². The molecule has 2 aromatic carbocycles. The molecule has 4 rings (SSSR count). The maximum absolute atomic E-state index is 13.3. The molecule has 1 atom stereocenters. The van der Waals surface area contributed by atoms with Crippen LogP contribution in [0.25, 0.3) is 5.76 Å². The Morgan fingerprint density at radius 2 is 1.94 bits per heavy atom. The number of benzene rings is 2. The molecule has 3 aromatic rings. The Hall–Kier alpha value is -3.58. The van der Waals surface area contributed by atoms with Crippen molar-refractivity contribution in [2.45, 2.75) is 12.6 Å². The normalized spacial score (nSPS) is 17.9. The molecule has 1 unspecified atom stereocenters. The summed E-state index contributed by atoms with van der Waals surface area (Å²) >= 11 is 6.05. The van der Waals surface area contributed by atoms with Gasteiger partial charge < -0.3 is 19.2 Å². The van der Waals surface area contributed by atoms with Crippen LogP contribution in [0.1, 0.15) is 22.9 Å². The van der Waals surface area contributed by atoms with Gasteiger partial charge in [-0.15, -0.1) is 0 Å². The molecule has 8 heteroatoms. The van der Waals surface area contributed by atoms with Crippen molar-refractivity contribution in [3.63, 3.8) is 0 Å². The predicted molar refractivity (Wildman–Crippen MR) is 111 cm³/mol. The van der Waals surface area contributed by atoms with Crippen LogP contribution in [-0.4, -0.2) is 28.8 Å². The predicted octanol–water partition coefficient (Wildman–Crippen LogP) is 4.70. The van der Waals surface area contributed by atoms with E-state index in [-0.39, 0.29) is 23.4 Å². The topological polar surface area (TPSA) is 80.0 Å². The number of halogens is 2. The number of Topliss-reactive ketones (excluding diaryl/α,β-unsaturated/α-hetero) is 1. The number of amides is 1. The summed E-state index contributed by atoms with van der Waals surface area (Å²) in [5.41, 5.74) is 0.761. The van der Waals surface area contributed by atoms with Crippen LogP contribution in [0.5, 0.6) is 5.75 Å². The van der Waals surface area contributed by atoms with Crippen molar-refractivity contribution in [2.24, 2.45) is 0 Å². The second-order valence-electron chi connectivity index (χ2n) is 6.92. The van der Waals surface area contributed by atoms with E-state index in [1.54, 1.807) is 12.1 Å². The third kappa shape index (κ3) is 3.80. The number of carbonyl (C=O) groups excluding carboxylic acids is 2. The molecular formula is C23H17ClFNO5. The lowest BCUT2D eigenvalue weighted by Crippen LogP contribution is -2.29. The molecule has 1 saturated heterocycles. The number of carbonyl (C=O) groups is 2. The van der Waals surface area contributed by atoms with Gasteiger partial charge in [0.25, 0.3) is 11.7 Å².